The van der Waals surface area contributed by atoms with Crippen LogP contribution in [0.5, 0.6) is 11.5 Å². The Balaban J connectivity index is 2.38. The molecule has 1 atom stereocenters. The van der Waals surface area contributed by atoms with Crippen LogP contribution in [0.15, 0.2) is 18.2 Å². The van der Waals surface area contributed by atoms with E-state index in [1.54, 1.807) is 14.2 Å². The van der Waals surface area contributed by atoms with Crippen molar-refractivity contribution in [1.29, 1.82) is 0 Å². The van der Waals surface area contributed by atoms with Crippen LogP contribution in [0.1, 0.15) is 24.4 Å². The summed E-state index contributed by atoms with van der Waals surface area (Å²) in [5.74, 6) is 1.46. The first-order chi connectivity index (χ1) is 9.19. The first kappa shape index (κ1) is 13.8. The van der Waals surface area contributed by atoms with E-state index in [0.29, 0.717) is 5.75 Å². The first-order valence-electron chi connectivity index (χ1n) is 6.01. The molecule has 1 aromatic heterocycles. The van der Waals surface area contributed by atoms with E-state index >= 15 is 0 Å². The molecule has 102 valence electrons. The molecule has 2 rings (SSSR count). The molecule has 2 N–H and O–H groups in total. The maximum atomic E-state index is 5.96. The first-order valence-corrected chi connectivity index (χ1v) is 6.82. The normalized spacial score (nSPS) is 12.2. The van der Waals surface area contributed by atoms with Crippen LogP contribution in [0.4, 0.5) is 0 Å². The Morgan fingerprint density at radius 1 is 1.26 bits per heavy atom. The third kappa shape index (κ3) is 2.85. The summed E-state index contributed by atoms with van der Waals surface area (Å²) in [6.45, 7) is 2.03. The Kier molecular flexibility index (Phi) is 4.34. The highest BCUT2D eigenvalue weighted by Crippen LogP contribution is 2.35. The predicted molar refractivity (Wildman–Crippen MR) is 75.7 cm³/mol. The monoisotopic (exact) mass is 279 g/mol. The highest BCUT2D eigenvalue weighted by molar-refractivity contribution is 7.14. The fraction of sp³-hybridized carbons (Fsp3) is 0.385. The lowest BCUT2D eigenvalue weighted by Gasteiger charge is -2.07. The van der Waals surface area contributed by atoms with Gasteiger partial charge in [0.05, 0.1) is 25.8 Å². The number of rotatable bonds is 5. The van der Waals surface area contributed by atoms with Crippen molar-refractivity contribution < 1.29 is 9.47 Å². The highest BCUT2D eigenvalue weighted by atomic mass is 32.1. The van der Waals surface area contributed by atoms with Crippen molar-refractivity contribution in [3.05, 3.63) is 23.2 Å². The Morgan fingerprint density at radius 3 is 2.68 bits per heavy atom. The zero-order valence-electron chi connectivity index (χ0n) is 11.2. The minimum atomic E-state index is -0.0597. The maximum absolute atomic E-state index is 5.96. The molecule has 5 nitrogen and oxygen atoms in total. The third-order valence-corrected chi connectivity index (χ3v) is 3.93. The van der Waals surface area contributed by atoms with Crippen LogP contribution >= 0.6 is 11.3 Å². The van der Waals surface area contributed by atoms with Crippen LogP contribution in [-0.4, -0.2) is 24.4 Å². The van der Waals surface area contributed by atoms with Crippen molar-refractivity contribution in [3.8, 4) is 22.1 Å². The lowest BCUT2D eigenvalue weighted by atomic mass is 10.2. The molecule has 2 aromatic rings. The topological polar surface area (TPSA) is 70.3 Å². The fourth-order valence-corrected chi connectivity index (χ4v) is 2.60. The van der Waals surface area contributed by atoms with Gasteiger partial charge in [-0.15, -0.1) is 10.2 Å². The number of aromatic nitrogens is 2. The van der Waals surface area contributed by atoms with E-state index in [1.807, 2.05) is 25.1 Å². The summed E-state index contributed by atoms with van der Waals surface area (Å²) >= 11 is 1.49. The third-order valence-electron chi connectivity index (χ3n) is 2.84. The van der Waals surface area contributed by atoms with Gasteiger partial charge in [0.25, 0.3) is 0 Å². The van der Waals surface area contributed by atoms with Crippen molar-refractivity contribution in [2.45, 2.75) is 19.4 Å². The minimum absolute atomic E-state index is 0.0597. The molecule has 1 unspecified atom stereocenters. The van der Waals surface area contributed by atoms with Crippen LogP contribution in [0.2, 0.25) is 0 Å². The molecule has 0 saturated carbocycles. The van der Waals surface area contributed by atoms with Gasteiger partial charge < -0.3 is 15.2 Å². The molecule has 0 fully saturated rings. The molecule has 0 saturated heterocycles. The van der Waals surface area contributed by atoms with Gasteiger partial charge in [0, 0.05) is 6.07 Å². The lowest BCUT2D eigenvalue weighted by molar-refractivity contribution is 0.395. The summed E-state index contributed by atoms with van der Waals surface area (Å²) in [5.41, 5.74) is 6.86. The smallest absolute Gasteiger partial charge is 0.151 e. The van der Waals surface area contributed by atoms with Gasteiger partial charge in [-0.2, -0.15) is 0 Å². The highest BCUT2D eigenvalue weighted by Gasteiger charge is 2.15. The van der Waals surface area contributed by atoms with Gasteiger partial charge >= 0.3 is 0 Å². The molecule has 0 amide bonds. The van der Waals surface area contributed by atoms with Gasteiger partial charge in [0.15, 0.2) is 5.01 Å². The zero-order chi connectivity index (χ0) is 13.8. The van der Waals surface area contributed by atoms with Crippen LogP contribution < -0.4 is 15.2 Å². The summed E-state index contributed by atoms with van der Waals surface area (Å²) in [4.78, 5) is 0. The van der Waals surface area contributed by atoms with E-state index in [9.17, 15) is 0 Å². The second-order valence-corrected chi connectivity index (χ2v) is 5.04. The van der Waals surface area contributed by atoms with Gasteiger partial charge in [-0.25, -0.2) is 0 Å². The van der Waals surface area contributed by atoms with Crippen molar-refractivity contribution in [2.75, 3.05) is 14.2 Å². The van der Waals surface area contributed by atoms with E-state index in [1.165, 1.54) is 11.3 Å². The lowest BCUT2D eigenvalue weighted by Crippen LogP contribution is -2.07. The Morgan fingerprint density at radius 2 is 2.05 bits per heavy atom. The number of hydrogen-bond acceptors (Lipinski definition) is 6. The average Bonchev–Trinajstić information content (AvgIpc) is 2.95. The molecular formula is C13H17N3O2S. The summed E-state index contributed by atoms with van der Waals surface area (Å²) in [5, 5.41) is 9.97. The van der Waals surface area contributed by atoms with Crippen LogP contribution in [0.25, 0.3) is 10.6 Å². The maximum Gasteiger partial charge on any atom is 0.151 e. The molecule has 0 radical (unpaired) electrons. The number of nitrogens with zero attached hydrogens (tertiary/aromatic N) is 2. The van der Waals surface area contributed by atoms with Gasteiger partial charge in [-0.1, -0.05) is 18.3 Å². The minimum Gasteiger partial charge on any atom is -0.497 e. The fourth-order valence-electron chi connectivity index (χ4n) is 1.64. The molecule has 1 heterocycles. The molecule has 0 spiro atoms. The summed E-state index contributed by atoms with van der Waals surface area (Å²) in [7, 11) is 3.25. The molecule has 0 bridgehead atoms. The van der Waals surface area contributed by atoms with E-state index in [2.05, 4.69) is 10.2 Å². The largest absolute Gasteiger partial charge is 0.497 e. The Bertz CT molecular complexity index is 557. The SMILES string of the molecule is CCC(N)c1nnc(-c2ccc(OC)cc2OC)s1. The van der Waals surface area contributed by atoms with Gasteiger partial charge in [-0.05, 0) is 18.6 Å². The van der Waals surface area contributed by atoms with Crippen molar-refractivity contribution in [3.63, 3.8) is 0 Å². The number of hydrogen-bond donors (Lipinski definition) is 1. The summed E-state index contributed by atoms with van der Waals surface area (Å²) in [6, 6.07) is 5.56. The van der Waals surface area contributed by atoms with E-state index < -0.39 is 0 Å². The number of benzene rings is 1. The molecule has 6 heteroatoms. The molecule has 19 heavy (non-hydrogen) atoms. The number of ether oxygens (including phenoxy) is 2. The molecular weight excluding hydrogens is 262 g/mol. The summed E-state index contributed by atoms with van der Waals surface area (Å²) < 4.78 is 10.5. The molecule has 0 aliphatic heterocycles. The quantitative estimate of drug-likeness (QED) is 0.911. The average molecular weight is 279 g/mol. The standard InChI is InChI=1S/C13H17N3O2S/c1-4-10(14)13-16-15-12(19-13)9-6-5-8(17-2)7-11(9)18-3/h5-7,10H,4,14H2,1-3H3. The van der Waals surface area contributed by atoms with E-state index in [-0.39, 0.29) is 6.04 Å². The van der Waals surface area contributed by atoms with Crippen molar-refractivity contribution >= 4 is 11.3 Å². The van der Waals surface area contributed by atoms with Gasteiger partial charge in [-0.3, -0.25) is 0 Å². The van der Waals surface area contributed by atoms with E-state index in [0.717, 1.165) is 27.7 Å². The Labute approximate surface area is 116 Å². The van der Waals surface area contributed by atoms with E-state index in [4.69, 9.17) is 15.2 Å². The molecule has 0 aliphatic carbocycles. The number of nitrogens with two attached hydrogens (primary N) is 1. The number of methoxy groups -OCH3 is 2. The van der Waals surface area contributed by atoms with Gasteiger partial charge in [0.1, 0.15) is 16.5 Å². The van der Waals surface area contributed by atoms with Crippen molar-refractivity contribution in [2.24, 2.45) is 5.73 Å². The van der Waals surface area contributed by atoms with Crippen LogP contribution in [0.3, 0.4) is 0 Å². The second kappa shape index (κ2) is 5.99. The predicted octanol–water partition coefficient (Wildman–Crippen LogP) is 2.63. The Hall–Kier alpha value is -1.66. The molecule has 1 aromatic carbocycles. The second-order valence-electron chi connectivity index (χ2n) is 4.03. The van der Waals surface area contributed by atoms with Gasteiger partial charge in [0.2, 0.25) is 0 Å². The zero-order valence-corrected chi connectivity index (χ0v) is 12.0. The molecule has 0 aliphatic rings. The van der Waals surface area contributed by atoms with Crippen molar-refractivity contribution in [1.82, 2.24) is 10.2 Å². The summed E-state index contributed by atoms with van der Waals surface area (Å²) in [6.07, 6.45) is 0.842. The van der Waals surface area contributed by atoms with Crippen LogP contribution in [0, 0.1) is 0 Å². The van der Waals surface area contributed by atoms with Crippen LogP contribution in [-0.2, 0) is 0 Å².